The van der Waals surface area contributed by atoms with E-state index in [1.54, 1.807) is 0 Å². The van der Waals surface area contributed by atoms with E-state index in [0.29, 0.717) is 28.7 Å². The minimum Gasteiger partial charge on any atom is -0.393 e. The lowest BCUT2D eigenvalue weighted by Gasteiger charge is -2.65. The molecule has 2 N–H and O–H groups in total. The van der Waals surface area contributed by atoms with Crippen LogP contribution in [0.5, 0.6) is 0 Å². The van der Waals surface area contributed by atoms with Gasteiger partial charge in [0, 0.05) is 19.1 Å². The SMILES string of the molecule is CC1C(O)CC(N2CCN[C@@H]3O[C@@H]32)[C@@]2(C)C1CCC1C3CCC[C@@]3(C)CCC12. The molecule has 0 aromatic carbocycles. The summed E-state index contributed by atoms with van der Waals surface area (Å²) < 4.78 is 5.99. The van der Waals surface area contributed by atoms with Crippen molar-refractivity contribution in [1.82, 2.24) is 10.2 Å². The number of rotatable bonds is 1. The van der Waals surface area contributed by atoms with Gasteiger partial charge in [0.1, 0.15) is 0 Å². The Balaban J connectivity index is 1.38. The van der Waals surface area contributed by atoms with E-state index in [1.807, 2.05) is 0 Å². The first-order valence-electron chi connectivity index (χ1n) is 12.3. The molecule has 0 aromatic rings. The average molecular weight is 389 g/mol. The third-order valence-electron chi connectivity index (χ3n) is 11.0. The predicted molar refractivity (Wildman–Crippen MR) is 109 cm³/mol. The zero-order valence-corrected chi connectivity index (χ0v) is 18.1. The van der Waals surface area contributed by atoms with Gasteiger partial charge in [-0.3, -0.25) is 10.2 Å². The van der Waals surface area contributed by atoms with Crippen LogP contribution in [0.25, 0.3) is 0 Å². The molecule has 0 bridgehead atoms. The van der Waals surface area contributed by atoms with Crippen LogP contribution < -0.4 is 5.32 Å². The van der Waals surface area contributed by atoms with Crippen LogP contribution in [-0.2, 0) is 4.74 Å². The van der Waals surface area contributed by atoms with Crippen LogP contribution in [0.15, 0.2) is 0 Å². The summed E-state index contributed by atoms with van der Waals surface area (Å²) in [7, 11) is 0. The summed E-state index contributed by atoms with van der Waals surface area (Å²) in [6.07, 6.45) is 11.3. The summed E-state index contributed by atoms with van der Waals surface area (Å²) in [4.78, 5) is 2.67. The number of piperazine rings is 1. The average Bonchev–Trinajstić information content (AvgIpc) is 3.37. The van der Waals surface area contributed by atoms with E-state index in [4.69, 9.17) is 4.74 Å². The van der Waals surface area contributed by atoms with Crippen LogP contribution in [0, 0.1) is 40.4 Å². The molecular formula is C24H40N2O2. The molecule has 6 fully saturated rings. The number of nitrogens with one attached hydrogen (secondary N) is 1. The van der Waals surface area contributed by atoms with E-state index in [0.717, 1.165) is 37.3 Å². The fourth-order valence-electron chi connectivity index (χ4n) is 9.50. The Labute approximate surface area is 170 Å². The standard InChI is InChI=1S/C24H40N2O2/c1-14-16-7-6-15-17-5-4-9-23(17,2)10-8-18(15)24(16,3)20(13-19(14)27)26-12-11-25-21-22(26)28-21/h14-22,25,27H,4-13H2,1-3H3/t14?,15?,16?,17?,18?,19?,20?,21-,22+,23+,24+/m1/s1. The second kappa shape index (κ2) is 6.18. The lowest BCUT2D eigenvalue weighted by molar-refractivity contribution is -0.186. The summed E-state index contributed by atoms with van der Waals surface area (Å²) in [6.45, 7) is 9.71. The van der Waals surface area contributed by atoms with Crippen molar-refractivity contribution in [2.75, 3.05) is 13.1 Å². The van der Waals surface area contributed by atoms with E-state index in [2.05, 4.69) is 31.0 Å². The minimum atomic E-state index is -0.146. The maximum atomic E-state index is 11.0. The highest BCUT2D eigenvalue weighted by Crippen LogP contribution is 2.67. The summed E-state index contributed by atoms with van der Waals surface area (Å²) in [5.74, 6) is 3.83. The zero-order valence-electron chi connectivity index (χ0n) is 18.1. The van der Waals surface area contributed by atoms with E-state index in [-0.39, 0.29) is 18.6 Å². The van der Waals surface area contributed by atoms with E-state index < -0.39 is 0 Å². The van der Waals surface area contributed by atoms with Gasteiger partial charge in [-0.2, -0.15) is 0 Å². The van der Waals surface area contributed by atoms with Crippen LogP contribution in [0.2, 0.25) is 0 Å². The Morgan fingerprint density at radius 3 is 2.75 bits per heavy atom. The lowest BCUT2D eigenvalue weighted by Crippen LogP contribution is -2.67. The Morgan fingerprint density at radius 2 is 1.89 bits per heavy atom. The van der Waals surface area contributed by atoms with Gasteiger partial charge >= 0.3 is 0 Å². The highest BCUT2D eigenvalue weighted by Gasteiger charge is 2.64. The molecule has 7 unspecified atom stereocenters. The Morgan fingerprint density at radius 1 is 1.04 bits per heavy atom. The normalized spacial score (nSPS) is 61.1. The number of ether oxygens (including phenoxy) is 1. The minimum absolute atomic E-state index is 0.146. The molecule has 28 heavy (non-hydrogen) atoms. The van der Waals surface area contributed by atoms with Gasteiger partial charge in [0.05, 0.1) is 6.10 Å². The van der Waals surface area contributed by atoms with Crippen LogP contribution in [0.4, 0.5) is 0 Å². The third kappa shape index (κ3) is 2.38. The maximum Gasteiger partial charge on any atom is 0.153 e. The second-order valence-electron chi connectivity index (χ2n) is 11.8. The third-order valence-corrected chi connectivity index (χ3v) is 11.0. The van der Waals surface area contributed by atoms with Gasteiger partial charge in [0.15, 0.2) is 12.5 Å². The summed E-state index contributed by atoms with van der Waals surface area (Å²) >= 11 is 0. The van der Waals surface area contributed by atoms with Gasteiger partial charge in [-0.1, -0.05) is 27.2 Å². The second-order valence-corrected chi connectivity index (χ2v) is 11.8. The Bertz CT molecular complexity index is 642. The fraction of sp³-hybridized carbons (Fsp3) is 1.00. The van der Waals surface area contributed by atoms with Gasteiger partial charge in [-0.05, 0) is 85.4 Å². The molecule has 4 heteroatoms. The van der Waals surface area contributed by atoms with Crippen molar-refractivity contribution in [3.8, 4) is 0 Å². The van der Waals surface area contributed by atoms with Crippen LogP contribution in [0.3, 0.4) is 0 Å². The smallest absolute Gasteiger partial charge is 0.153 e. The molecule has 4 aliphatic carbocycles. The van der Waals surface area contributed by atoms with Crippen molar-refractivity contribution in [1.29, 1.82) is 0 Å². The molecule has 2 saturated heterocycles. The fourth-order valence-corrected chi connectivity index (χ4v) is 9.50. The molecule has 2 aliphatic heterocycles. The number of hydrogen-bond acceptors (Lipinski definition) is 4. The van der Waals surface area contributed by atoms with Crippen molar-refractivity contribution < 1.29 is 9.84 Å². The maximum absolute atomic E-state index is 11.0. The number of epoxide rings is 1. The molecule has 4 saturated carbocycles. The van der Waals surface area contributed by atoms with Crippen molar-refractivity contribution in [3.05, 3.63) is 0 Å². The number of aliphatic hydroxyl groups is 1. The molecule has 6 rings (SSSR count). The van der Waals surface area contributed by atoms with Gasteiger partial charge in [-0.15, -0.1) is 0 Å². The molecule has 0 aromatic heterocycles. The molecule has 6 aliphatic rings. The highest BCUT2D eigenvalue weighted by atomic mass is 16.6. The van der Waals surface area contributed by atoms with Gasteiger partial charge < -0.3 is 9.84 Å². The highest BCUT2D eigenvalue weighted by molar-refractivity contribution is 5.14. The Hall–Kier alpha value is -0.160. The van der Waals surface area contributed by atoms with E-state index >= 15 is 0 Å². The van der Waals surface area contributed by atoms with E-state index in [9.17, 15) is 5.11 Å². The first kappa shape index (κ1) is 18.6. The first-order valence-corrected chi connectivity index (χ1v) is 12.3. The first-order chi connectivity index (χ1) is 13.4. The topological polar surface area (TPSA) is 48.0 Å². The molecule has 11 atom stereocenters. The van der Waals surface area contributed by atoms with Gasteiger partial charge in [0.25, 0.3) is 0 Å². The van der Waals surface area contributed by atoms with Crippen molar-refractivity contribution in [2.45, 2.75) is 96.7 Å². The molecule has 158 valence electrons. The molecule has 2 heterocycles. The molecule has 0 amide bonds. The number of fused-ring (bicyclic) bond motifs is 6. The number of aliphatic hydroxyl groups excluding tert-OH is 1. The summed E-state index contributed by atoms with van der Waals surface area (Å²) in [5.41, 5.74) is 0.957. The molecule has 0 spiro atoms. The van der Waals surface area contributed by atoms with Crippen molar-refractivity contribution in [3.63, 3.8) is 0 Å². The molecular weight excluding hydrogens is 348 g/mol. The summed E-state index contributed by atoms with van der Waals surface area (Å²) in [5, 5.41) is 14.5. The lowest BCUT2D eigenvalue weighted by atomic mass is 9.42. The van der Waals surface area contributed by atoms with Crippen molar-refractivity contribution in [2.24, 2.45) is 40.4 Å². The summed E-state index contributed by atoms with van der Waals surface area (Å²) in [6, 6.07) is 0.486. The van der Waals surface area contributed by atoms with Crippen LogP contribution in [0.1, 0.15) is 72.1 Å². The largest absolute Gasteiger partial charge is 0.393 e. The van der Waals surface area contributed by atoms with E-state index in [1.165, 1.54) is 44.9 Å². The zero-order chi connectivity index (χ0) is 19.3. The molecule has 4 nitrogen and oxygen atoms in total. The van der Waals surface area contributed by atoms with Crippen molar-refractivity contribution >= 4 is 0 Å². The number of nitrogens with zero attached hydrogens (tertiary/aromatic N) is 1. The van der Waals surface area contributed by atoms with Crippen LogP contribution >= 0.6 is 0 Å². The Kier molecular flexibility index (Phi) is 4.11. The number of hydrogen-bond donors (Lipinski definition) is 2. The molecule has 0 radical (unpaired) electrons. The van der Waals surface area contributed by atoms with Gasteiger partial charge in [0.2, 0.25) is 0 Å². The monoisotopic (exact) mass is 388 g/mol. The predicted octanol–water partition coefficient (Wildman–Crippen LogP) is 3.59. The quantitative estimate of drug-likeness (QED) is 0.674. The van der Waals surface area contributed by atoms with Crippen LogP contribution in [-0.4, -0.2) is 47.7 Å². The van der Waals surface area contributed by atoms with Gasteiger partial charge in [-0.25, -0.2) is 0 Å².